The Labute approximate surface area is 122 Å². The predicted octanol–water partition coefficient (Wildman–Crippen LogP) is 3.49. The maximum absolute atomic E-state index is 5.64. The number of piperidine rings is 1. The number of nitrogens with zero attached hydrogens (tertiary/aromatic N) is 1. The first kappa shape index (κ1) is 15.4. The van der Waals surface area contributed by atoms with Gasteiger partial charge in [0, 0.05) is 13.1 Å². The van der Waals surface area contributed by atoms with Crippen molar-refractivity contribution in [1.29, 1.82) is 0 Å². The summed E-state index contributed by atoms with van der Waals surface area (Å²) in [5, 5.41) is 2.25. The minimum absolute atomic E-state index is 0. The van der Waals surface area contributed by atoms with Crippen LogP contribution in [0.1, 0.15) is 24.8 Å². The molecule has 98 valence electrons. The molecule has 1 saturated heterocycles. The van der Waals surface area contributed by atoms with Gasteiger partial charge in [-0.05, 0) is 71.2 Å². The van der Waals surface area contributed by atoms with E-state index in [2.05, 4.69) is 32.3 Å². The summed E-state index contributed by atoms with van der Waals surface area (Å²) in [4.78, 5) is 2.57. The van der Waals surface area contributed by atoms with Crippen LogP contribution in [0.5, 0.6) is 0 Å². The summed E-state index contributed by atoms with van der Waals surface area (Å²) in [6.45, 7) is 4.41. The van der Waals surface area contributed by atoms with Crippen LogP contribution in [0, 0.1) is 5.92 Å². The smallest absolute Gasteiger partial charge is 0.0701 e. The second kappa shape index (κ2) is 7.74. The fourth-order valence-corrected chi connectivity index (χ4v) is 3.65. The molecule has 1 aliphatic heterocycles. The van der Waals surface area contributed by atoms with Crippen molar-refractivity contribution in [3.05, 3.63) is 20.8 Å². The monoisotopic (exact) mass is 338 g/mol. The van der Waals surface area contributed by atoms with Crippen molar-refractivity contribution in [2.24, 2.45) is 11.7 Å². The number of hydrogen-bond donors (Lipinski definition) is 1. The standard InChI is InChI=1S/C12H19BrN2S.ClH/c13-12-6-11(9-16-12)8-15-5-1-2-10(7-15)3-4-14;/h6,9-10H,1-5,7-8,14H2;1H. The summed E-state index contributed by atoms with van der Waals surface area (Å²) in [7, 11) is 0. The lowest BCUT2D eigenvalue weighted by atomic mass is 9.95. The van der Waals surface area contributed by atoms with Gasteiger partial charge < -0.3 is 5.73 Å². The van der Waals surface area contributed by atoms with Gasteiger partial charge in [-0.3, -0.25) is 4.90 Å². The Bertz CT molecular complexity index is 330. The summed E-state index contributed by atoms with van der Waals surface area (Å²) >= 11 is 5.29. The molecule has 1 unspecified atom stereocenters. The van der Waals surface area contributed by atoms with E-state index in [9.17, 15) is 0 Å². The normalized spacial score (nSPS) is 21.2. The van der Waals surface area contributed by atoms with Gasteiger partial charge in [-0.2, -0.15) is 0 Å². The second-order valence-corrected chi connectivity index (χ2v) is 6.87. The highest BCUT2D eigenvalue weighted by atomic mass is 79.9. The molecule has 2 N–H and O–H groups in total. The summed E-state index contributed by atoms with van der Waals surface area (Å²) in [6, 6.07) is 2.23. The molecule has 17 heavy (non-hydrogen) atoms. The predicted molar refractivity (Wildman–Crippen MR) is 80.9 cm³/mol. The summed E-state index contributed by atoms with van der Waals surface area (Å²) in [5.74, 6) is 0.820. The molecule has 2 rings (SSSR count). The van der Waals surface area contributed by atoms with Gasteiger partial charge in [-0.25, -0.2) is 0 Å². The van der Waals surface area contributed by atoms with Crippen molar-refractivity contribution < 1.29 is 0 Å². The van der Waals surface area contributed by atoms with Gasteiger partial charge in [0.25, 0.3) is 0 Å². The van der Waals surface area contributed by atoms with E-state index in [1.807, 2.05) is 0 Å². The zero-order valence-corrected chi connectivity index (χ0v) is 13.1. The molecule has 1 aromatic rings. The number of hydrogen-bond acceptors (Lipinski definition) is 3. The first-order chi connectivity index (χ1) is 7.78. The second-order valence-electron chi connectivity index (χ2n) is 4.58. The van der Waals surface area contributed by atoms with Crippen molar-refractivity contribution >= 4 is 39.7 Å². The summed E-state index contributed by atoms with van der Waals surface area (Å²) in [5.41, 5.74) is 7.07. The van der Waals surface area contributed by atoms with Crippen LogP contribution in [0.25, 0.3) is 0 Å². The van der Waals surface area contributed by atoms with Crippen LogP contribution < -0.4 is 5.73 Å². The van der Waals surface area contributed by atoms with Crippen LogP contribution >= 0.6 is 39.7 Å². The molecule has 0 aromatic carbocycles. The van der Waals surface area contributed by atoms with Gasteiger partial charge in [0.1, 0.15) is 0 Å². The van der Waals surface area contributed by atoms with E-state index < -0.39 is 0 Å². The average Bonchev–Trinajstić information content (AvgIpc) is 2.65. The molecular formula is C12H20BrClN2S. The number of halogens is 2. The maximum Gasteiger partial charge on any atom is 0.0701 e. The molecule has 0 bridgehead atoms. The van der Waals surface area contributed by atoms with Gasteiger partial charge in [-0.1, -0.05) is 0 Å². The molecule has 1 atom stereocenters. The Morgan fingerprint density at radius 2 is 2.35 bits per heavy atom. The fraction of sp³-hybridized carbons (Fsp3) is 0.667. The Hall–Kier alpha value is 0.390. The van der Waals surface area contributed by atoms with Crippen molar-refractivity contribution in [3.8, 4) is 0 Å². The lowest BCUT2D eigenvalue weighted by molar-refractivity contribution is 0.163. The van der Waals surface area contributed by atoms with E-state index in [1.165, 1.54) is 41.7 Å². The van der Waals surface area contributed by atoms with Gasteiger partial charge in [0.05, 0.1) is 3.79 Å². The molecule has 0 aliphatic carbocycles. The molecule has 0 spiro atoms. The molecule has 1 fully saturated rings. The molecule has 2 heterocycles. The molecule has 5 heteroatoms. The first-order valence-corrected chi connectivity index (χ1v) is 7.60. The quantitative estimate of drug-likeness (QED) is 0.910. The van der Waals surface area contributed by atoms with E-state index in [4.69, 9.17) is 5.73 Å². The third kappa shape index (κ3) is 4.87. The van der Waals surface area contributed by atoms with Gasteiger partial charge >= 0.3 is 0 Å². The van der Waals surface area contributed by atoms with Gasteiger partial charge in [0.2, 0.25) is 0 Å². The van der Waals surface area contributed by atoms with Crippen LogP contribution in [-0.2, 0) is 6.54 Å². The Morgan fingerprint density at radius 1 is 1.53 bits per heavy atom. The topological polar surface area (TPSA) is 29.3 Å². The highest BCUT2D eigenvalue weighted by Crippen LogP contribution is 2.24. The van der Waals surface area contributed by atoms with Crippen LogP contribution in [0.15, 0.2) is 15.2 Å². The third-order valence-electron chi connectivity index (χ3n) is 3.21. The molecule has 1 aliphatic rings. The van der Waals surface area contributed by atoms with E-state index in [0.717, 1.165) is 19.0 Å². The highest BCUT2D eigenvalue weighted by molar-refractivity contribution is 9.11. The van der Waals surface area contributed by atoms with Crippen LogP contribution in [-0.4, -0.2) is 24.5 Å². The highest BCUT2D eigenvalue weighted by Gasteiger charge is 2.19. The molecule has 2 nitrogen and oxygen atoms in total. The minimum atomic E-state index is 0. The molecule has 0 radical (unpaired) electrons. The summed E-state index contributed by atoms with van der Waals surface area (Å²) in [6.07, 6.45) is 3.88. The Balaban J connectivity index is 0.00000144. The number of likely N-dealkylation sites (tertiary alicyclic amines) is 1. The van der Waals surface area contributed by atoms with Crippen molar-refractivity contribution in [2.45, 2.75) is 25.8 Å². The Kier molecular flexibility index (Phi) is 7.04. The maximum atomic E-state index is 5.64. The van der Waals surface area contributed by atoms with E-state index in [1.54, 1.807) is 11.3 Å². The van der Waals surface area contributed by atoms with Gasteiger partial charge in [-0.15, -0.1) is 23.7 Å². The summed E-state index contributed by atoms with van der Waals surface area (Å²) < 4.78 is 1.23. The zero-order valence-electron chi connectivity index (χ0n) is 9.90. The van der Waals surface area contributed by atoms with Crippen LogP contribution in [0.2, 0.25) is 0 Å². The lowest BCUT2D eigenvalue weighted by Crippen LogP contribution is -2.35. The molecule has 0 amide bonds. The van der Waals surface area contributed by atoms with E-state index in [0.29, 0.717) is 0 Å². The van der Waals surface area contributed by atoms with Gasteiger partial charge in [0.15, 0.2) is 0 Å². The average molecular weight is 340 g/mol. The first-order valence-electron chi connectivity index (χ1n) is 5.93. The lowest BCUT2D eigenvalue weighted by Gasteiger charge is -2.32. The van der Waals surface area contributed by atoms with Crippen molar-refractivity contribution in [3.63, 3.8) is 0 Å². The molecular weight excluding hydrogens is 320 g/mol. The van der Waals surface area contributed by atoms with Crippen LogP contribution in [0.4, 0.5) is 0 Å². The number of nitrogens with two attached hydrogens (primary N) is 1. The van der Waals surface area contributed by atoms with E-state index in [-0.39, 0.29) is 12.4 Å². The van der Waals surface area contributed by atoms with Crippen molar-refractivity contribution in [2.75, 3.05) is 19.6 Å². The molecule has 1 aromatic heterocycles. The zero-order chi connectivity index (χ0) is 11.4. The Morgan fingerprint density at radius 3 is 3.00 bits per heavy atom. The third-order valence-corrected chi connectivity index (χ3v) is 4.76. The minimum Gasteiger partial charge on any atom is -0.330 e. The number of rotatable bonds is 4. The van der Waals surface area contributed by atoms with Crippen molar-refractivity contribution in [1.82, 2.24) is 4.90 Å². The SMILES string of the molecule is Cl.NCCC1CCCN(Cc2csc(Br)c2)C1. The number of thiophene rings is 1. The molecule has 0 saturated carbocycles. The largest absolute Gasteiger partial charge is 0.330 e. The van der Waals surface area contributed by atoms with E-state index >= 15 is 0 Å². The van der Waals surface area contributed by atoms with Crippen LogP contribution in [0.3, 0.4) is 0 Å². The fourth-order valence-electron chi connectivity index (χ4n) is 2.45.